The third kappa shape index (κ3) is 3.03. The van der Waals surface area contributed by atoms with Crippen LogP contribution in [0, 0.1) is 5.92 Å². The van der Waals surface area contributed by atoms with Gasteiger partial charge >= 0.3 is 6.03 Å². The summed E-state index contributed by atoms with van der Waals surface area (Å²) in [4.78, 5) is 27.1. The first kappa shape index (κ1) is 12.9. The van der Waals surface area contributed by atoms with Gasteiger partial charge in [0.25, 0.3) is 0 Å². The average molecular weight is 251 g/mol. The largest absolute Gasteiger partial charge is 0.341 e. The van der Waals surface area contributed by atoms with E-state index in [0.29, 0.717) is 38.5 Å². The number of hydrogen-bond acceptors (Lipinski definition) is 2. The first-order chi connectivity index (χ1) is 8.70. The van der Waals surface area contributed by atoms with Crippen LogP contribution >= 0.6 is 0 Å². The van der Waals surface area contributed by atoms with E-state index in [4.69, 9.17) is 0 Å². The fourth-order valence-electron chi connectivity index (χ4n) is 2.54. The molecule has 0 aromatic rings. The van der Waals surface area contributed by atoms with Gasteiger partial charge in [-0.15, -0.1) is 0 Å². The lowest BCUT2D eigenvalue weighted by molar-refractivity contribution is -0.133. The number of amides is 3. The zero-order chi connectivity index (χ0) is 13.0. The Kier molecular flexibility index (Phi) is 4.23. The molecule has 3 amide bonds. The Morgan fingerprint density at radius 3 is 2.44 bits per heavy atom. The van der Waals surface area contributed by atoms with Crippen LogP contribution < -0.4 is 5.32 Å². The molecule has 5 heteroatoms. The van der Waals surface area contributed by atoms with Crippen LogP contribution in [0.5, 0.6) is 0 Å². The monoisotopic (exact) mass is 251 g/mol. The number of carbonyl (C=O) groups is 2. The highest BCUT2D eigenvalue weighted by Crippen LogP contribution is 2.21. The summed E-state index contributed by atoms with van der Waals surface area (Å²) < 4.78 is 0. The molecule has 2 rings (SSSR count). The van der Waals surface area contributed by atoms with Crippen LogP contribution in [-0.2, 0) is 4.79 Å². The van der Waals surface area contributed by atoms with Crippen LogP contribution in [-0.4, -0.2) is 55.0 Å². The van der Waals surface area contributed by atoms with Crippen molar-refractivity contribution in [1.82, 2.24) is 15.1 Å². The summed E-state index contributed by atoms with van der Waals surface area (Å²) in [5.41, 5.74) is 0. The SMILES string of the molecule is CNC(=O)N1CCN(C(=O)C[C@@H]2C=CCC2)CC1. The van der Waals surface area contributed by atoms with Crippen molar-refractivity contribution in [3.63, 3.8) is 0 Å². The van der Waals surface area contributed by atoms with E-state index >= 15 is 0 Å². The van der Waals surface area contributed by atoms with Crippen LogP contribution in [0.25, 0.3) is 0 Å². The van der Waals surface area contributed by atoms with Crippen molar-refractivity contribution in [3.05, 3.63) is 12.2 Å². The third-order valence-corrected chi connectivity index (χ3v) is 3.68. The molecule has 1 saturated heterocycles. The van der Waals surface area contributed by atoms with Gasteiger partial charge in [-0.05, 0) is 18.8 Å². The molecule has 0 aromatic carbocycles. The van der Waals surface area contributed by atoms with Gasteiger partial charge in [0, 0.05) is 39.6 Å². The van der Waals surface area contributed by atoms with Crippen molar-refractivity contribution >= 4 is 11.9 Å². The van der Waals surface area contributed by atoms with Gasteiger partial charge in [0.15, 0.2) is 0 Å². The summed E-state index contributed by atoms with van der Waals surface area (Å²) in [7, 11) is 1.63. The van der Waals surface area contributed by atoms with E-state index in [2.05, 4.69) is 17.5 Å². The van der Waals surface area contributed by atoms with E-state index in [-0.39, 0.29) is 11.9 Å². The highest BCUT2D eigenvalue weighted by molar-refractivity contribution is 5.78. The summed E-state index contributed by atoms with van der Waals surface area (Å²) in [6.45, 7) is 2.57. The van der Waals surface area contributed by atoms with E-state index in [0.717, 1.165) is 12.8 Å². The third-order valence-electron chi connectivity index (χ3n) is 3.68. The topological polar surface area (TPSA) is 52.7 Å². The van der Waals surface area contributed by atoms with Crippen LogP contribution in [0.2, 0.25) is 0 Å². The van der Waals surface area contributed by atoms with Gasteiger partial charge in [-0.2, -0.15) is 0 Å². The van der Waals surface area contributed by atoms with Crippen LogP contribution in [0.15, 0.2) is 12.2 Å². The van der Waals surface area contributed by atoms with Crippen molar-refractivity contribution in [2.45, 2.75) is 19.3 Å². The Labute approximate surface area is 108 Å². The number of rotatable bonds is 2. The molecule has 0 saturated carbocycles. The zero-order valence-electron chi connectivity index (χ0n) is 10.9. The molecule has 1 aliphatic heterocycles. The van der Waals surface area contributed by atoms with Crippen molar-refractivity contribution < 1.29 is 9.59 Å². The number of allylic oxidation sites excluding steroid dienone is 2. The van der Waals surface area contributed by atoms with Crippen LogP contribution in [0.4, 0.5) is 4.79 Å². The summed E-state index contributed by atoms with van der Waals surface area (Å²) in [5.74, 6) is 0.651. The maximum atomic E-state index is 12.1. The molecule has 1 fully saturated rings. The van der Waals surface area contributed by atoms with Gasteiger partial charge in [0.1, 0.15) is 0 Å². The summed E-state index contributed by atoms with van der Waals surface area (Å²) in [5, 5.41) is 2.61. The maximum Gasteiger partial charge on any atom is 0.317 e. The zero-order valence-corrected chi connectivity index (χ0v) is 10.9. The van der Waals surface area contributed by atoms with Crippen molar-refractivity contribution in [2.75, 3.05) is 33.2 Å². The van der Waals surface area contributed by atoms with Gasteiger partial charge in [0.2, 0.25) is 5.91 Å². The molecule has 0 aromatic heterocycles. The quantitative estimate of drug-likeness (QED) is 0.739. The molecule has 2 aliphatic rings. The van der Waals surface area contributed by atoms with E-state index in [9.17, 15) is 9.59 Å². The second-order valence-corrected chi connectivity index (χ2v) is 4.89. The fraction of sp³-hybridized carbons (Fsp3) is 0.692. The predicted octanol–water partition coefficient (Wildman–Crippen LogP) is 0.826. The molecule has 1 heterocycles. The first-order valence-electron chi connectivity index (χ1n) is 6.62. The molecule has 100 valence electrons. The molecule has 0 radical (unpaired) electrons. The molecular formula is C13H21N3O2. The summed E-state index contributed by atoms with van der Waals surface area (Å²) in [6, 6.07) is -0.0548. The smallest absolute Gasteiger partial charge is 0.317 e. The average Bonchev–Trinajstić information content (AvgIpc) is 2.91. The minimum atomic E-state index is -0.0548. The Morgan fingerprint density at radius 2 is 1.89 bits per heavy atom. The number of piperazine rings is 1. The van der Waals surface area contributed by atoms with E-state index in [1.54, 1.807) is 11.9 Å². The Morgan fingerprint density at radius 1 is 1.22 bits per heavy atom. The Bertz CT molecular complexity index is 346. The number of carbonyl (C=O) groups excluding carboxylic acids is 2. The fourth-order valence-corrected chi connectivity index (χ4v) is 2.54. The van der Waals surface area contributed by atoms with Crippen LogP contribution in [0.1, 0.15) is 19.3 Å². The highest BCUT2D eigenvalue weighted by Gasteiger charge is 2.25. The Balaban J connectivity index is 1.76. The molecule has 0 unspecified atom stereocenters. The van der Waals surface area contributed by atoms with E-state index < -0.39 is 0 Å². The molecule has 1 N–H and O–H groups in total. The van der Waals surface area contributed by atoms with Gasteiger partial charge < -0.3 is 15.1 Å². The molecule has 0 spiro atoms. The second-order valence-electron chi connectivity index (χ2n) is 4.89. The molecule has 18 heavy (non-hydrogen) atoms. The lowest BCUT2D eigenvalue weighted by Gasteiger charge is -2.34. The van der Waals surface area contributed by atoms with E-state index in [1.165, 1.54) is 0 Å². The molecule has 0 bridgehead atoms. The van der Waals surface area contributed by atoms with Gasteiger partial charge in [-0.3, -0.25) is 4.79 Å². The first-order valence-corrected chi connectivity index (χ1v) is 6.62. The summed E-state index contributed by atoms with van der Waals surface area (Å²) in [6.07, 6.45) is 7.13. The predicted molar refractivity (Wildman–Crippen MR) is 69.1 cm³/mol. The number of nitrogens with zero attached hydrogens (tertiary/aromatic N) is 2. The molecular weight excluding hydrogens is 230 g/mol. The lowest BCUT2D eigenvalue weighted by atomic mass is 10.0. The second kappa shape index (κ2) is 5.89. The number of urea groups is 1. The minimum absolute atomic E-state index is 0.0548. The van der Waals surface area contributed by atoms with Gasteiger partial charge in [-0.25, -0.2) is 4.79 Å². The van der Waals surface area contributed by atoms with Crippen molar-refractivity contribution in [1.29, 1.82) is 0 Å². The minimum Gasteiger partial charge on any atom is -0.341 e. The van der Waals surface area contributed by atoms with Crippen LogP contribution in [0.3, 0.4) is 0 Å². The van der Waals surface area contributed by atoms with Crippen molar-refractivity contribution in [3.8, 4) is 0 Å². The molecule has 1 aliphatic carbocycles. The Hall–Kier alpha value is -1.52. The summed E-state index contributed by atoms with van der Waals surface area (Å²) >= 11 is 0. The molecule has 5 nitrogen and oxygen atoms in total. The van der Waals surface area contributed by atoms with Gasteiger partial charge in [-0.1, -0.05) is 12.2 Å². The molecule has 1 atom stereocenters. The number of nitrogens with one attached hydrogen (secondary N) is 1. The normalized spacial score (nSPS) is 23.3. The highest BCUT2D eigenvalue weighted by atomic mass is 16.2. The standard InChI is InChI=1S/C13H21N3O2/c1-14-13(18)16-8-6-15(7-9-16)12(17)10-11-4-2-3-5-11/h2,4,11H,3,5-10H2,1H3,(H,14,18)/t11-/m1/s1. The van der Waals surface area contributed by atoms with E-state index in [1.807, 2.05) is 4.90 Å². The maximum absolute atomic E-state index is 12.1. The lowest BCUT2D eigenvalue weighted by Crippen LogP contribution is -2.52. The van der Waals surface area contributed by atoms with Crippen molar-refractivity contribution in [2.24, 2.45) is 5.92 Å². The number of hydrogen-bond donors (Lipinski definition) is 1. The van der Waals surface area contributed by atoms with Gasteiger partial charge in [0.05, 0.1) is 0 Å².